The number of hydrogen-bond acceptors (Lipinski definition) is 3. The van der Waals surface area contributed by atoms with Crippen molar-refractivity contribution in [2.45, 2.75) is 12.5 Å². The van der Waals surface area contributed by atoms with Gasteiger partial charge in [0.1, 0.15) is 5.76 Å². The van der Waals surface area contributed by atoms with Gasteiger partial charge in [-0.3, -0.25) is 4.98 Å². The molecule has 72 valence electrons. The molecule has 0 aliphatic heterocycles. The van der Waals surface area contributed by atoms with Gasteiger partial charge in [0, 0.05) is 24.9 Å². The van der Waals surface area contributed by atoms with Crippen molar-refractivity contribution in [3.8, 4) is 0 Å². The number of pyridine rings is 1. The van der Waals surface area contributed by atoms with Crippen molar-refractivity contribution >= 4 is 0 Å². The Kier molecular flexibility index (Phi) is 2.60. The fourth-order valence-corrected chi connectivity index (χ4v) is 1.36. The largest absolute Gasteiger partial charge is 0.469 e. The van der Waals surface area contributed by atoms with Crippen LogP contribution in [0, 0.1) is 0 Å². The second-order valence-electron chi connectivity index (χ2n) is 3.18. The van der Waals surface area contributed by atoms with Crippen LogP contribution < -0.4 is 5.73 Å². The first-order valence-corrected chi connectivity index (χ1v) is 4.54. The molecule has 3 heteroatoms. The lowest BCUT2D eigenvalue weighted by atomic mass is 10.1. The lowest BCUT2D eigenvalue weighted by molar-refractivity contribution is 0.488. The SMILES string of the molecule is NC(Cc1ccco1)c1cccnc1. The van der Waals surface area contributed by atoms with Crippen LogP contribution >= 0.6 is 0 Å². The summed E-state index contributed by atoms with van der Waals surface area (Å²) in [6.07, 6.45) is 5.89. The summed E-state index contributed by atoms with van der Waals surface area (Å²) in [6.45, 7) is 0. The molecule has 0 fully saturated rings. The molecule has 0 bridgehead atoms. The fraction of sp³-hybridized carbons (Fsp3) is 0.182. The Morgan fingerprint density at radius 1 is 1.36 bits per heavy atom. The van der Waals surface area contributed by atoms with Gasteiger partial charge in [0.2, 0.25) is 0 Å². The van der Waals surface area contributed by atoms with Gasteiger partial charge >= 0.3 is 0 Å². The van der Waals surface area contributed by atoms with E-state index in [4.69, 9.17) is 10.2 Å². The number of nitrogens with two attached hydrogens (primary N) is 1. The van der Waals surface area contributed by atoms with Crippen LogP contribution in [0.5, 0.6) is 0 Å². The van der Waals surface area contributed by atoms with Gasteiger partial charge in [0.15, 0.2) is 0 Å². The molecule has 0 aliphatic carbocycles. The Morgan fingerprint density at radius 3 is 2.93 bits per heavy atom. The van der Waals surface area contributed by atoms with Crippen LogP contribution in [0.25, 0.3) is 0 Å². The van der Waals surface area contributed by atoms with E-state index in [9.17, 15) is 0 Å². The number of hydrogen-bond donors (Lipinski definition) is 1. The molecule has 0 aromatic carbocycles. The second kappa shape index (κ2) is 4.07. The zero-order valence-electron chi connectivity index (χ0n) is 7.76. The maximum absolute atomic E-state index is 5.99. The van der Waals surface area contributed by atoms with E-state index in [0.717, 1.165) is 11.3 Å². The van der Waals surface area contributed by atoms with Crippen LogP contribution in [0.4, 0.5) is 0 Å². The molecule has 0 aliphatic rings. The first-order valence-electron chi connectivity index (χ1n) is 4.54. The average Bonchev–Trinajstić information content (AvgIpc) is 2.72. The van der Waals surface area contributed by atoms with E-state index in [1.54, 1.807) is 18.7 Å². The highest BCUT2D eigenvalue weighted by molar-refractivity contribution is 5.15. The third kappa shape index (κ3) is 2.00. The molecule has 0 amide bonds. The van der Waals surface area contributed by atoms with E-state index < -0.39 is 0 Å². The lowest BCUT2D eigenvalue weighted by Crippen LogP contribution is -2.12. The molecule has 2 N–H and O–H groups in total. The number of aromatic nitrogens is 1. The molecule has 0 saturated carbocycles. The average molecular weight is 188 g/mol. The minimum atomic E-state index is -0.0464. The van der Waals surface area contributed by atoms with Crippen LogP contribution in [-0.2, 0) is 6.42 Å². The molecule has 0 saturated heterocycles. The molecule has 3 nitrogen and oxygen atoms in total. The van der Waals surface area contributed by atoms with Gasteiger partial charge in [-0.25, -0.2) is 0 Å². The molecule has 0 spiro atoms. The summed E-state index contributed by atoms with van der Waals surface area (Å²) in [5.41, 5.74) is 7.02. The highest BCUT2D eigenvalue weighted by Crippen LogP contribution is 2.14. The van der Waals surface area contributed by atoms with Crippen molar-refractivity contribution in [1.29, 1.82) is 0 Å². The predicted octanol–water partition coefficient (Wildman–Crippen LogP) is 1.92. The topological polar surface area (TPSA) is 52.0 Å². The van der Waals surface area contributed by atoms with Gasteiger partial charge < -0.3 is 10.2 Å². The molecule has 2 aromatic heterocycles. The molecular weight excluding hydrogens is 176 g/mol. The monoisotopic (exact) mass is 188 g/mol. The lowest BCUT2D eigenvalue weighted by Gasteiger charge is -2.08. The minimum absolute atomic E-state index is 0.0464. The summed E-state index contributed by atoms with van der Waals surface area (Å²) in [6, 6.07) is 7.61. The zero-order valence-corrected chi connectivity index (χ0v) is 7.76. The minimum Gasteiger partial charge on any atom is -0.469 e. The van der Waals surface area contributed by atoms with Crippen molar-refractivity contribution in [1.82, 2.24) is 4.98 Å². The smallest absolute Gasteiger partial charge is 0.105 e. The van der Waals surface area contributed by atoms with Crippen LogP contribution in [-0.4, -0.2) is 4.98 Å². The van der Waals surface area contributed by atoms with Gasteiger partial charge in [-0.2, -0.15) is 0 Å². The standard InChI is InChI=1S/C11H12N2O/c12-11(7-10-4-2-6-14-10)9-3-1-5-13-8-9/h1-6,8,11H,7,12H2. The zero-order chi connectivity index (χ0) is 9.80. The Labute approximate surface area is 82.6 Å². The quantitative estimate of drug-likeness (QED) is 0.800. The van der Waals surface area contributed by atoms with E-state index in [1.165, 1.54) is 0 Å². The Balaban J connectivity index is 2.07. The van der Waals surface area contributed by atoms with E-state index in [1.807, 2.05) is 24.3 Å². The predicted molar refractivity (Wildman–Crippen MR) is 53.6 cm³/mol. The summed E-state index contributed by atoms with van der Waals surface area (Å²) in [5, 5.41) is 0. The van der Waals surface area contributed by atoms with Crippen molar-refractivity contribution in [3.63, 3.8) is 0 Å². The highest BCUT2D eigenvalue weighted by atomic mass is 16.3. The van der Waals surface area contributed by atoms with Gasteiger partial charge in [0.25, 0.3) is 0 Å². The Hall–Kier alpha value is -1.61. The molecule has 2 rings (SSSR count). The maximum atomic E-state index is 5.99. The van der Waals surface area contributed by atoms with Gasteiger partial charge in [-0.15, -0.1) is 0 Å². The maximum Gasteiger partial charge on any atom is 0.105 e. The Bertz CT molecular complexity index is 369. The van der Waals surface area contributed by atoms with Gasteiger partial charge in [-0.1, -0.05) is 6.07 Å². The van der Waals surface area contributed by atoms with E-state index in [-0.39, 0.29) is 6.04 Å². The Morgan fingerprint density at radius 2 is 2.29 bits per heavy atom. The number of furan rings is 1. The van der Waals surface area contributed by atoms with Crippen LogP contribution in [0.2, 0.25) is 0 Å². The molecular formula is C11H12N2O. The van der Waals surface area contributed by atoms with E-state index >= 15 is 0 Å². The molecule has 2 aromatic rings. The molecule has 1 unspecified atom stereocenters. The summed E-state index contributed by atoms with van der Waals surface area (Å²) < 4.78 is 5.23. The fourth-order valence-electron chi connectivity index (χ4n) is 1.36. The highest BCUT2D eigenvalue weighted by Gasteiger charge is 2.08. The van der Waals surface area contributed by atoms with Crippen molar-refractivity contribution in [2.75, 3.05) is 0 Å². The van der Waals surface area contributed by atoms with Crippen molar-refractivity contribution < 1.29 is 4.42 Å². The molecule has 14 heavy (non-hydrogen) atoms. The first-order chi connectivity index (χ1) is 6.86. The van der Waals surface area contributed by atoms with Crippen LogP contribution in [0.3, 0.4) is 0 Å². The third-order valence-corrected chi connectivity index (χ3v) is 2.11. The van der Waals surface area contributed by atoms with Crippen LogP contribution in [0.1, 0.15) is 17.4 Å². The van der Waals surface area contributed by atoms with Gasteiger partial charge in [-0.05, 0) is 23.8 Å². The third-order valence-electron chi connectivity index (χ3n) is 2.11. The summed E-state index contributed by atoms with van der Waals surface area (Å²) in [4.78, 5) is 4.02. The number of nitrogens with zero attached hydrogens (tertiary/aromatic N) is 1. The van der Waals surface area contributed by atoms with E-state index in [2.05, 4.69) is 4.98 Å². The molecule has 2 heterocycles. The normalized spacial score (nSPS) is 12.6. The van der Waals surface area contributed by atoms with Gasteiger partial charge in [0.05, 0.1) is 6.26 Å². The second-order valence-corrected chi connectivity index (χ2v) is 3.18. The number of rotatable bonds is 3. The summed E-state index contributed by atoms with van der Waals surface area (Å²) >= 11 is 0. The molecule has 0 radical (unpaired) electrons. The van der Waals surface area contributed by atoms with E-state index in [0.29, 0.717) is 6.42 Å². The summed E-state index contributed by atoms with van der Waals surface area (Å²) in [5.74, 6) is 0.904. The molecule has 1 atom stereocenters. The summed E-state index contributed by atoms with van der Waals surface area (Å²) in [7, 11) is 0. The van der Waals surface area contributed by atoms with Crippen molar-refractivity contribution in [3.05, 3.63) is 54.2 Å². The van der Waals surface area contributed by atoms with Crippen molar-refractivity contribution in [2.24, 2.45) is 5.73 Å². The first kappa shape index (κ1) is 8.97. The van der Waals surface area contributed by atoms with Crippen LogP contribution in [0.15, 0.2) is 47.3 Å².